The van der Waals surface area contributed by atoms with Crippen LogP contribution in [0.25, 0.3) is 0 Å². The van der Waals surface area contributed by atoms with Crippen molar-refractivity contribution in [2.45, 2.75) is 37.1 Å². The molecule has 6 nitrogen and oxygen atoms in total. The topological polar surface area (TPSA) is 61.4 Å². The highest BCUT2D eigenvalue weighted by atomic mass is 32.2. The number of carbonyl (C=O) groups is 1. The van der Waals surface area contributed by atoms with Crippen molar-refractivity contribution in [1.29, 1.82) is 0 Å². The molecule has 1 saturated heterocycles. The van der Waals surface area contributed by atoms with Crippen molar-refractivity contribution in [2.24, 2.45) is 0 Å². The Kier molecular flexibility index (Phi) is 8.12. The third-order valence-electron chi connectivity index (χ3n) is 5.03. The molecule has 28 heavy (non-hydrogen) atoms. The van der Waals surface area contributed by atoms with Crippen LogP contribution < -0.4 is 5.32 Å². The van der Waals surface area contributed by atoms with Gasteiger partial charge in [0, 0.05) is 38.8 Å². The zero-order valence-electron chi connectivity index (χ0n) is 16.6. The maximum absolute atomic E-state index is 12.6. The molecule has 1 N–H and O–H groups in total. The largest absolute Gasteiger partial charge is 0.360 e. The van der Waals surface area contributed by atoms with Gasteiger partial charge in [0.2, 0.25) is 11.0 Å². The van der Waals surface area contributed by atoms with Gasteiger partial charge >= 0.3 is 0 Å². The van der Waals surface area contributed by atoms with Gasteiger partial charge in [0.25, 0.3) is 0 Å². The Morgan fingerprint density at radius 1 is 1.21 bits per heavy atom. The molecule has 1 aromatic carbocycles. The summed E-state index contributed by atoms with van der Waals surface area (Å²) in [5.41, 5.74) is 1.33. The van der Waals surface area contributed by atoms with E-state index in [9.17, 15) is 4.79 Å². The monoisotopic (exact) mass is 419 g/mol. The standard InChI is InChI=1S/C20H29N5OS2/c1-3-4-10-21-19-22-23-20(28-19)27-15-18(26)25-13-11-24(12-14-25)16(2)17-8-6-5-7-9-17/h5-9,16H,3-4,10-15H2,1-2H3,(H,21,22). The van der Waals surface area contributed by atoms with E-state index in [-0.39, 0.29) is 5.91 Å². The molecule has 1 atom stereocenters. The second-order valence-corrected chi connectivity index (χ2v) is 9.15. The van der Waals surface area contributed by atoms with Gasteiger partial charge in [-0.3, -0.25) is 9.69 Å². The number of aromatic nitrogens is 2. The van der Waals surface area contributed by atoms with Crippen molar-refractivity contribution in [3.05, 3.63) is 35.9 Å². The van der Waals surface area contributed by atoms with Gasteiger partial charge in [-0.2, -0.15) is 0 Å². The number of hydrogen-bond acceptors (Lipinski definition) is 7. The average Bonchev–Trinajstić information content (AvgIpc) is 3.20. The van der Waals surface area contributed by atoms with Crippen LogP contribution in [0, 0.1) is 0 Å². The average molecular weight is 420 g/mol. The lowest BCUT2D eigenvalue weighted by Crippen LogP contribution is -2.49. The van der Waals surface area contributed by atoms with Gasteiger partial charge in [0.15, 0.2) is 4.34 Å². The van der Waals surface area contributed by atoms with Crippen LogP contribution in [0.1, 0.15) is 38.3 Å². The first kappa shape index (κ1) is 21.1. The molecular weight excluding hydrogens is 390 g/mol. The van der Waals surface area contributed by atoms with Gasteiger partial charge in [-0.25, -0.2) is 0 Å². The number of unbranched alkanes of at least 4 members (excludes halogenated alkanes) is 1. The van der Waals surface area contributed by atoms with Crippen LogP contribution in [0.15, 0.2) is 34.7 Å². The first-order valence-corrected chi connectivity index (χ1v) is 11.7. The third-order valence-corrected chi connectivity index (χ3v) is 7.03. The van der Waals surface area contributed by atoms with Gasteiger partial charge in [0.1, 0.15) is 0 Å². The van der Waals surface area contributed by atoms with Crippen molar-refractivity contribution in [3.63, 3.8) is 0 Å². The predicted molar refractivity (Wildman–Crippen MR) is 117 cm³/mol. The van der Waals surface area contributed by atoms with Crippen molar-refractivity contribution in [2.75, 3.05) is 43.8 Å². The van der Waals surface area contributed by atoms with E-state index in [1.54, 1.807) is 0 Å². The van der Waals surface area contributed by atoms with E-state index in [2.05, 4.69) is 58.5 Å². The summed E-state index contributed by atoms with van der Waals surface area (Å²) in [6.07, 6.45) is 2.27. The second kappa shape index (κ2) is 10.8. The molecule has 0 aliphatic carbocycles. The molecule has 0 radical (unpaired) electrons. The van der Waals surface area contributed by atoms with Gasteiger partial charge in [0.05, 0.1) is 5.75 Å². The highest BCUT2D eigenvalue weighted by Crippen LogP contribution is 2.26. The SMILES string of the molecule is CCCCNc1nnc(SCC(=O)N2CCN(C(C)c3ccccc3)CC2)s1. The zero-order chi connectivity index (χ0) is 19.8. The van der Waals surface area contributed by atoms with Crippen LogP contribution in [0.2, 0.25) is 0 Å². The fourth-order valence-electron chi connectivity index (χ4n) is 3.23. The summed E-state index contributed by atoms with van der Waals surface area (Å²) in [5, 5.41) is 12.4. The zero-order valence-corrected chi connectivity index (χ0v) is 18.3. The van der Waals surface area contributed by atoms with Crippen LogP contribution in [0.4, 0.5) is 5.13 Å². The molecular formula is C20H29N5OS2. The van der Waals surface area contributed by atoms with Gasteiger partial charge < -0.3 is 10.2 Å². The lowest BCUT2D eigenvalue weighted by molar-refractivity contribution is -0.130. The third kappa shape index (κ3) is 5.93. The Bertz CT molecular complexity index is 731. The quantitative estimate of drug-likeness (QED) is 0.493. The summed E-state index contributed by atoms with van der Waals surface area (Å²) in [4.78, 5) is 17.0. The molecule has 1 fully saturated rings. The Labute approximate surface area is 175 Å². The molecule has 1 amide bonds. The maximum Gasteiger partial charge on any atom is 0.233 e. The Hall–Kier alpha value is -1.64. The second-order valence-electron chi connectivity index (χ2n) is 6.95. The molecule has 8 heteroatoms. The summed E-state index contributed by atoms with van der Waals surface area (Å²) in [7, 11) is 0. The fraction of sp³-hybridized carbons (Fsp3) is 0.550. The van der Waals surface area contributed by atoms with Crippen LogP contribution in [-0.2, 0) is 4.79 Å². The number of anilines is 1. The number of benzene rings is 1. The van der Waals surface area contributed by atoms with Crippen molar-refractivity contribution >= 4 is 34.1 Å². The van der Waals surface area contributed by atoms with E-state index < -0.39 is 0 Å². The first-order chi connectivity index (χ1) is 13.7. The van der Waals surface area contributed by atoms with E-state index in [4.69, 9.17) is 0 Å². The predicted octanol–water partition coefficient (Wildman–Crippen LogP) is 3.75. The minimum Gasteiger partial charge on any atom is -0.360 e. The van der Waals surface area contributed by atoms with Crippen LogP contribution in [0.5, 0.6) is 0 Å². The fourth-order valence-corrected chi connectivity index (χ4v) is 4.91. The van der Waals surface area contributed by atoms with E-state index in [0.717, 1.165) is 55.0 Å². The molecule has 3 rings (SSSR count). The summed E-state index contributed by atoms with van der Waals surface area (Å²) in [6.45, 7) is 8.72. The summed E-state index contributed by atoms with van der Waals surface area (Å²) in [6, 6.07) is 10.9. The number of amides is 1. The smallest absolute Gasteiger partial charge is 0.233 e. The molecule has 1 aromatic heterocycles. The lowest BCUT2D eigenvalue weighted by Gasteiger charge is -2.38. The molecule has 1 aliphatic rings. The van der Waals surface area contributed by atoms with E-state index in [0.29, 0.717) is 11.8 Å². The number of rotatable bonds is 9. The number of piperazine rings is 1. The molecule has 1 unspecified atom stereocenters. The molecule has 2 aromatic rings. The Morgan fingerprint density at radius 3 is 2.68 bits per heavy atom. The lowest BCUT2D eigenvalue weighted by atomic mass is 10.1. The summed E-state index contributed by atoms with van der Waals surface area (Å²) < 4.78 is 0.851. The molecule has 0 spiro atoms. The number of hydrogen-bond donors (Lipinski definition) is 1. The summed E-state index contributed by atoms with van der Waals surface area (Å²) >= 11 is 3.01. The minimum absolute atomic E-state index is 0.188. The molecule has 1 aliphatic heterocycles. The van der Waals surface area contributed by atoms with Crippen LogP contribution in [0.3, 0.4) is 0 Å². The van der Waals surface area contributed by atoms with E-state index in [1.807, 2.05) is 11.0 Å². The van der Waals surface area contributed by atoms with Crippen LogP contribution in [-0.4, -0.2) is 64.4 Å². The number of carbonyl (C=O) groups excluding carboxylic acids is 1. The molecule has 0 saturated carbocycles. The molecule has 152 valence electrons. The van der Waals surface area contributed by atoms with Crippen molar-refractivity contribution < 1.29 is 4.79 Å². The van der Waals surface area contributed by atoms with Gasteiger partial charge in [-0.05, 0) is 18.9 Å². The van der Waals surface area contributed by atoms with Crippen molar-refractivity contribution in [3.8, 4) is 0 Å². The summed E-state index contributed by atoms with van der Waals surface area (Å²) in [5.74, 6) is 0.616. The highest BCUT2D eigenvalue weighted by Gasteiger charge is 2.24. The maximum atomic E-state index is 12.6. The van der Waals surface area contributed by atoms with E-state index >= 15 is 0 Å². The highest BCUT2D eigenvalue weighted by molar-refractivity contribution is 8.01. The Morgan fingerprint density at radius 2 is 1.96 bits per heavy atom. The normalized spacial score (nSPS) is 16.1. The first-order valence-electron chi connectivity index (χ1n) is 9.94. The number of thioether (sulfide) groups is 1. The Balaban J connectivity index is 1.40. The minimum atomic E-state index is 0.188. The number of nitrogens with zero attached hydrogens (tertiary/aromatic N) is 4. The molecule has 0 bridgehead atoms. The van der Waals surface area contributed by atoms with Gasteiger partial charge in [-0.15, -0.1) is 10.2 Å². The van der Waals surface area contributed by atoms with Crippen molar-refractivity contribution in [1.82, 2.24) is 20.0 Å². The van der Waals surface area contributed by atoms with Crippen LogP contribution >= 0.6 is 23.1 Å². The van der Waals surface area contributed by atoms with Gasteiger partial charge in [-0.1, -0.05) is 66.8 Å². The molecule has 2 heterocycles. The van der Waals surface area contributed by atoms with E-state index in [1.165, 1.54) is 28.7 Å². The number of nitrogens with one attached hydrogen (secondary N) is 1.